The minimum atomic E-state index is 0. The molecule has 0 fully saturated rings. The number of halogens is 2. The normalized spacial score (nSPS) is 10.8. The number of pyridine rings is 1. The van der Waals surface area contributed by atoms with Gasteiger partial charge in [0.05, 0.1) is 6.54 Å². The van der Waals surface area contributed by atoms with Crippen LogP contribution in [0, 0.1) is 13.8 Å². The van der Waals surface area contributed by atoms with Gasteiger partial charge in [0.25, 0.3) is 0 Å². The fourth-order valence-electron chi connectivity index (χ4n) is 2.45. The van der Waals surface area contributed by atoms with Crippen LogP contribution in [-0.2, 0) is 6.42 Å². The van der Waals surface area contributed by atoms with Crippen molar-refractivity contribution in [3.8, 4) is 5.75 Å². The van der Waals surface area contributed by atoms with Crippen molar-refractivity contribution >= 4 is 41.5 Å². The zero-order chi connectivity index (χ0) is 18.1. The van der Waals surface area contributed by atoms with Crippen LogP contribution < -0.4 is 15.4 Å². The fraction of sp³-hybridized carbons (Fsp3) is 0.368. The van der Waals surface area contributed by atoms with E-state index in [0.29, 0.717) is 18.3 Å². The number of nitrogens with one attached hydrogen (secondary N) is 2. The van der Waals surface area contributed by atoms with Crippen molar-refractivity contribution in [1.82, 2.24) is 15.6 Å². The third-order valence-electron chi connectivity index (χ3n) is 3.77. The van der Waals surface area contributed by atoms with Gasteiger partial charge in [0.2, 0.25) is 0 Å². The van der Waals surface area contributed by atoms with E-state index in [4.69, 9.17) is 16.3 Å². The summed E-state index contributed by atoms with van der Waals surface area (Å²) in [5.41, 5.74) is 3.43. The summed E-state index contributed by atoms with van der Waals surface area (Å²) in [7, 11) is 1.76. The van der Waals surface area contributed by atoms with Crippen LogP contribution in [0.3, 0.4) is 0 Å². The van der Waals surface area contributed by atoms with Crippen molar-refractivity contribution in [2.24, 2.45) is 4.99 Å². The Morgan fingerprint density at radius 1 is 1.12 bits per heavy atom. The molecule has 0 amide bonds. The molecule has 0 bridgehead atoms. The van der Waals surface area contributed by atoms with Gasteiger partial charge in [-0.1, -0.05) is 35.9 Å². The Kier molecular flexibility index (Phi) is 10.3. The third kappa shape index (κ3) is 7.37. The number of hydrogen-bond donors (Lipinski definition) is 2. The largest absolute Gasteiger partial charge is 0.491 e. The summed E-state index contributed by atoms with van der Waals surface area (Å²) in [5, 5.41) is 7.04. The molecule has 7 heteroatoms. The molecule has 0 atom stereocenters. The zero-order valence-electron chi connectivity index (χ0n) is 15.4. The number of nitrogens with zero attached hydrogens (tertiary/aromatic N) is 2. The van der Waals surface area contributed by atoms with Crippen LogP contribution in [0.5, 0.6) is 5.75 Å². The zero-order valence-corrected chi connectivity index (χ0v) is 18.5. The minimum Gasteiger partial charge on any atom is -0.491 e. The molecule has 1 aromatic heterocycles. The van der Waals surface area contributed by atoms with Crippen molar-refractivity contribution in [2.75, 3.05) is 26.7 Å². The Morgan fingerprint density at radius 3 is 2.42 bits per heavy atom. The highest BCUT2D eigenvalue weighted by atomic mass is 127. The van der Waals surface area contributed by atoms with Crippen molar-refractivity contribution in [3.63, 3.8) is 0 Å². The smallest absolute Gasteiger partial charge is 0.191 e. The van der Waals surface area contributed by atoms with Crippen molar-refractivity contribution in [3.05, 3.63) is 58.4 Å². The van der Waals surface area contributed by atoms with E-state index >= 15 is 0 Å². The quantitative estimate of drug-likeness (QED) is 0.205. The summed E-state index contributed by atoms with van der Waals surface area (Å²) in [6.07, 6.45) is 2.64. The minimum absolute atomic E-state index is 0. The number of aryl methyl sites for hydroxylation is 2. The second-order valence-corrected chi connectivity index (χ2v) is 6.12. The molecule has 26 heavy (non-hydrogen) atoms. The predicted octanol–water partition coefficient (Wildman–Crippen LogP) is 3.76. The molecule has 0 radical (unpaired) electrons. The van der Waals surface area contributed by atoms with Crippen LogP contribution in [0.25, 0.3) is 0 Å². The van der Waals surface area contributed by atoms with E-state index in [1.54, 1.807) is 19.3 Å². The standard InChI is InChI=1S/C19H25ClN4O.HI/c1-14-5-4-6-15(2)18(14)25-12-11-23-19(21-3)22-10-9-16-7-8-17(20)24-13-16;/h4-8,13H,9-12H2,1-3H3,(H2,21,22,23);1H. The van der Waals surface area contributed by atoms with E-state index < -0.39 is 0 Å². The first kappa shape index (κ1) is 22.5. The first-order valence-corrected chi connectivity index (χ1v) is 8.72. The lowest BCUT2D eigenvalue weighted by atomic mass is 10.1. The van der Waals surface area contributed by atoms with Crippen LogP contribution >= 0.6 is 35.6 Å². The molecule has 0 unspecified atom stereocenters. The van der Waals surface area contributed by atoms with Gasteiger partial charge in [0.1, 0.15) is 17.5 Å². The van der Waals surface area contributed by atoms with Gasteiger partial charge < -0.3 is 15.4 Å². The molecular formula is C19H26ClIN4O. The number of aromatic nitrogens is 1. The highest BCUT2D eigenvalue weighted by Crippen LogP contribution is 2.21. The highest BCUT2D eigenvalue weighted by molar-refractivity contribution is 14.0. The van der Waals surface area contributed by atoms with Gasteiger partial charge in [-0.15, -0.1) is 24.0 Å². The SMILES string of the molecule is CN=C(NCCOc1c(C)cccc1C)NCCc1ccc(Cl)nc1.I. The lowest BCUT2D eigenvalue weighted by molar-refractivity contribution is 0.317. The Bertz CT molecular complexity index is 687. The summed E-state index contributed by atoms with van der Waals surface area (Å²) in [6, 6.07) is 9.93. The van der Waals surface area contributed by atoms with E-state index in [1.165, 1.54) is 0 Å². The molecule has 0 aliphatic carbocycles. The first-order valence-electron chi connectivity index (χ1n) is 8.34. The number of guanidine groups is 1. The highest BCUT2D eigenvalue weighted by Gasteiger charge is 2.03. The van der Waals surface area contributed by atoms with Crippen LogP contribution in [0.4, 0.5) is 0 Å². The van der Waals surface area contributed by atoms with Gasteiger partial charge in [-0.2, -0.15) is 0 Å². The van der Waals surface area contributed by atoms with Gasteiger partial charge >= 0.3 is 0 Å². The summed E-state index contributed by atoms with van der Waals surface area (Å²) in [6.45, 7) is 6.13. The average molecular weight is 489 g/mol. The molecule has 1 heterocycles. The molecule has 2 N–H and O–H groups in total. The Hall–Kier alpha value is -1.54. The summed E-state index contributed by atoms with van der Waals surface area (Å²) >= 11 is 5.79. The second-order valence-electron chi connectivity index (χ2n) is 5.73. The average Bonchev–Trinajstić information content (AvgIpc) is 2.60. The Morgan fingerprint density at radius 2 is 1.81 bits per heavy atom. The van der Waals surface area contributed by atoms with Crippen molar-refractivity contribution in [1.29, 1.82) is 0 Å². The molecule has 1 aromatic carbocycles. The van der Waals surface area contributed by atoms with Crippen molar-refractivity contribution in [2.45, 2.75) is 20.3 Å². The lowest BCUT2D eigenvalue weighted by Crippen LogP contribution is -2.40. The number of rotatable bonds is 7. The van der Waals surface area contributed by atoms with Crippen LogP contribution in [0.1, 0.15) is 16.7 Å². The van der Waals surface area contributed by atoms with Gasteiger partial charge in [0, 0.05) is 19.8 Å². The van der Waals surface area contributed by atoms with Gasteiger partial charge in [-0.25, -0.2) is 4.98 Å². The molecular weight excluding hydrogens is 463 g/mol. The topological polar surface area (TPSA) is 58.5 Å². The van der Waals surface area contributed by atoms with Gasteiger partial charge in [0.15, 0.2) is 5.96 Å². The molecule has 0 aliphatic heterocycles. The monoisotopic (exact) mass is 488 g/mol. The first-order chi connectivity index (χ1) is 12.1. The lowest BCUT2D eigenvalue weighted by Gasteiger charge is -2.14. The number of ether oxygens (including phenoxy) is 1. The Labute approximate surface area is 177 Å². The number of para-hydroxylation sites is 1. The molecule has 0 aliphatic rings. The molecule has 0 saturated heterocycles. The molecule has 5 nitrogen and oxygen atoms in total. The van der Waals surface area contributed by atoms with Crippen molar-refractivity contribution < 1.29 is 4.74 Å². The molecule has 0 spiro atoms. The van der Waals surface area contributed by atoms with Gasteiger partial charge in [-0.3, -0.25) is 4.99 Å². The summed E-state index contributed by atoms with van der Waals surface area (Å²) in [5.74, 6) is 1.72. The van der Waals surface area contributed by atoms with E-state index in [0.717, 1.165) is 41.4 Å². The predicted molar refractivity (Wildman–Crippen MR) is 119 cm³/mol. The Balaban J connectivity index is 0.00000338. The molecule has 0 saturated carbocycles. The van der Waals surface area contributed by atoms with Crippen LogP contribution in [0.2, 0.25) is 5.15 Å². The summed E-state index contributed by atoms with van der Waals surface area (Å²) in [4.78, 5) is 8.29. The number of hydrogen-bond acceptors (Lipinski definition) is 3. The summed E-state index contributed by atoms with van der Waals surface area (Å²) < 4.78 is 5.88. The van der Waals surface area contributed by atoms with E-state index in [9.17, 15) is 0 Å². The number of benzene rings is 1. The van der Waals surface area contributed by atoms with E-state index in [-0.39, 0.29) is 24.0 Å². The van der Waals surface area contributed by atoms with Gasteiger partial charge in [-0.05, 0) is 43.0 Å². The maximum Gasteiger partial charge on any atom is 0.191 e. The molecule has 2 rings (SSSR count). The van der Waals surface area contributed by atoms with Crippen LogP contribution in [-0.4, -0.2) is 37.7 Å². The van der Waals surface area contributed by atoms with E-state index in [2.05, 4.69) is 46.6 Å². The fourth-order valence-corrected chi connectivity index (χ4v) is 2.56. The number of aliphatic imine (C=N–C) groups is 1. The third-order valence-corrected chi connectivity index (χ3v) is 3.99. The van der Waals surface area contributed by atoms with Crippen LogP contribution in [0.15, 0.2) is 41.5 Å². The maximum absolute atomic E-state index is 5.88. The maximum atomic E-state index is 5.88. The second kappa shape index (κ2) is 12.0. The molecule has 142 valence electrons. The van der Waals surface area contributed by atoms with E-state index in [1.807, 2.05) is 12.1 Å². The molecule has 2 aromatic rings.